The minimum absolute atomic E-state index is 0.0594. The predicted molar refractivity (Wildman–Crippen MR) is 119 cm³/mol. The maximum Gasteiger partial charge on any atom is 0.242 e. The van der Waals surface area contributed by atoms with Crippen LogP contribution in [0.1, 0.15) is 58.4 Å². The van der Waals surface area contributed by atoms with E-state index in [2.05, 4.69) is 28.6 Å². The quantitative estimate of drug-likeness (QED) is 0.701. The van der Waals surface area contributed by atoms with Crippen molar-refractivity contribution >= 4 is 17.5 Å². The third-order valence-electron chi connectivity index (χ3n) is 5.39. The van der Waals surface area contributed by atoms with E-state index in [0.29, 0.717) is 6.04 Å². The Hall–Kier alpha value is -2.08. The molecule has 0 aliphatic heterocycles. The second-order valence-corrected chi connectivity index (χ2v) is 9.27. The molecular weight excluding hydrogens is 364 g/mol. The Morgan fingerprint density at radius 3 is 2.38 bits per heavy atom. The second-order valence-electron chi connectivity index (χ2n) is 9.27. The molecule has 1 aliphatic rings. The van der Waals surface area contributed by atoms with Crippen LogP contribution in [0.25, 0.3) is 0 Å². The molecule has 0 unspecified atom stereocenters. The van der Waals surface area contributed by atoms with E-state index < -0.39 is 0 Å². The molecule has 0 bridgehead atoms. The number of nitrogens with zero attached hydrogens (tertiary/aromatic N) is 2. The highest BCUT2D eigenvalue weighted by Crippen LogP contribution is 2.24. The molecule has 1 saturated carbocycles. The number of para-hydroxylation sites is 1. The third-order valence-corrected chi connectivity index (χ3v) is 5.39. The summed E-state index contributed by atoms with van der Waals surface area (Å²) in [5, 5.41) is 6.16. The normalized spacial score (nSPS) is 15.2. The summed E-state index contributed by atoms with van der Waals surface area (Å²) in [7, 11) is 3.86. The summed E-state index contributed by atoms with van der Waals surface area (Å²) in [5.41, 5.74) is 1.88. The zero-order valence-electron chi connectivity index (χ0n) is 18.8. The molecule has 1 aromatic carbocycles. The largest absolute Gasteiger partial charge is 0.376 e. The van der Waals surface area contributed by atoms with Crippen LogP contribution in [0.3, 0.4) is 0 Å². The fourth-order valence-electron chi connectivity index (χ4n) is 3.82. The average Bonchev–Trinajstić information content (AvgIpc) is 2.66. The second kappa shape index (κ2) is 10.6. The average molecular weight is 403 g/mol. The molecule has 0 radical (unpaired) electrons. The van der Waals surface area contributed by atoms with Crippen molar-refractivity contribution in [1.82, 2.24) is 15.1 Å². The highest BCUT2D eigenvalue weighted by Gasteiger charge is 2.20. The molecule has 0 atom stereocenters. The first-order valence-corrected chi connectivity index (χ1v) is 10.7. The van der Waals surface area contributed by atoms with Gasteiger partial charge in [-0.2, -0.15) is 0 Å². The van der Waals surface area contributed by atoms with Crippen molar-refractivity contribution in [2.24, 2.45) is 0 Å². The molecule has 0 heterocycles. The van der Waals surface area contributed by atoms with Crippen molar-refractivity contribution in [2.45, 2.75) is 71.0 Å². The zero-order valence-corrected chi connectivity index (χ0v) is 18.8. The number of likely N-dealkylation sites (N-methyl/N-ethyl adjacent to an activating group) is 1. The fraction of sp³-hybridized carbons (Fsp3) is 0.652. The Labute approximate surface area is 176 Å². The van der Waals surface area contributed by atoms with Crippen LogP contribution >= 0.6 is 0 Å². The van der Waals surface area contributed by atoms with E-state index >= 15 is 0 Å². The van der Waals surface area contributed by atoms with Crippen molar-refractivity contribution in [1.29, 1.82) is 0 Å². The lowest BCUT2D eigenvalue weighted by Gasteiger charge is -2.31. The van der Waals surface area contributed by atoms with Gasteiger partial charge in [0.15, 0.2) is 0 Å². The molecule has 6 heteroatoms. The molecule has 0 spiro atoms. The first-order chi connectivity index (χ1) is 13.7. The van der Waals surface area contributed by atoms with Gasteiger partial charge in [-0.05, 0) is 52.3 Å². The SMILES string of the molecule is CN(CC(=O)NC(C)(C)C)C(=O)CNc1ccccc1CN(C)C1CCCCC1. The van der Waals surface area contributed by atoms with E-state index in [1.54, 1.807) is 7.05 Å². The van der Waals surface area contributed by atoms with E-state index in [1.165, 1.54) is 42.6 Å². The van der Waals surface area contributed by atoms with Crippen molar-refractivity contribution in [2.75, 3.05) is 32.5 Å². The predicted octanol–water partition coefficient (Wildman–Crippen LogP) is 3.24. The molecule has 0 saturated heterocycles. The number of benzene rings is 1. The summed E-state index contributed by atoms with van der Waals surface area (Å²) in [4.78, 5) is 28.4. The molecule has 1 fully saturated rings. The Morgan fingerprint density at radius 1 is 1.07 bits per heavy atom. The van der Waals surface area contributed by atoms with Crippen molar-refractivity contribution in [3.05, 3.63) is 29.8 Å². The van der Waals surface area contributed by atoms with E-state index in [0.717, 1.165) is 12.2 Å². The number of rotatable bonds is 8. The van der Waals surface area contributed by atoms with Crippen LogP contribution in [-0.4, -0.2) is 60.4 Å². The van der Waals surface area contributed by atoms with Crippen LogP contribution in [0.5, 0.6) is 0 Å². The minimum Gasteiger partial charge on any atom is -0.376 e. The maximum absolute atomic E-state index is 12.5. The van der Waals surface area contributed by atoms with Crippen LogP contribution in [0.4, 0.5) is 5.69 Å². The molecule has 0 aromatic heterocycles. The van der Waals surface area contributed by atoms with E-state index in [4.69, 9.17) is 0 Å². The third kappa shape index (κ3) is 8.05. The summed E-state index contributed by atoms with van der Waals surface area (Å²) in [6.07, 6.45) is 6.53. The van der Waals surface area contributed by atoms with Gasteiger partial charge in [-0.25, -0.2) is 0 Å². The van der Waals surface area contributed by atoms with Gasteiger partial charge in [0.05, 0.1) is 13.1 Å². The summed E-state index contributed by atoms with van der Waals surface area (Å²) in [6, 6.07) is 8.80. The smallest absolute Gasteiger partial charge is 0.242 e. The number of amides is 2. The topological polar surface area (TPSA) is 64.7 Å². The van der Waals surface area contributed by atoms with Crippen molar-refractivity contribution < 1.29 is 9.59 Å². The van der Waals surface area contributed by atoms with E-state index in [9.17, 15) is 9.59 Å². The number of nitrogens with one attached hydrogen (secondary N) is 2. The highest BCUT2D eigenvalue weighted by molar-refractivity contribution is 5.87. The van der Waals surface area contributed by atoms with Crippen LogP contribution in [0.15, 0.2) is 24.3 Å². The van der Waals surface area contributed by atoms with Gasteiger partial charge in [-0.1, -0.05) is 37.5 Å². The van der Waals surface area contributed by atoms with Gasteiger partial charge in [-0.3, -0.25) is 14.5 Å². The monoisotopic (exact) mass is 402 g/mol. The van der Waals surface area contributed by atoms with Gasteiger partial charge in [0.1, 0.15) is 0 Å². The minimum atomic E-state index is -0.303. The van der Waals surface area contributed by atoms with Crippen molar-refractivity contribution in [3.8, 4) is 0 Å². The van der Waals surface area contributed by atoms with Crippen LogP contribution in [0, 0.1) is 0 Å². The Bertz CT molecular complexity index is 678. The number of carbonyl (C=O) groups excluding carboxylic acids is 2. The molecule has 2 amide bonds. The van der Waals surface area contributed by atoms with Gasteiger partial charge in [-0.15, -0.1) is 0 Å². The molecule has 2 rings (SSSR count). The summed E-state index contributed by atoms with van der Waals surface area (Å²) in [6.45, 7) is 6.87. The maximum atomic E-state index is 12.5. The molecule has 2 N–H and O–H groups in total. The first-order valence-electron chi connectivity index (χ1n) is 10.7. The fourth-order valence-corrected chi connectivity index (χ4v) is 3.82. The molecule has 162 valence electrons. The standard InChI is InChI=1S/C23H38N4O2/c1-23(2,3)25-21(28)17-27(5)22(29)15-24-20-14-10-9-11-18(20)16-26(4)19-12-7-6-8-13-19/h9-11,14,19,24H,6-8,12-13,15-17H2,1-5H3,(H,25,28). The Balaban J connectivity index is 1.88. The summed E-state index contributed by atoms with van der Waals surface area (Å²) < 4.78 is 0. The highest BCUT2D eigenvalue weighted by atomic mass is 16.2. The van der Waals surface area contributed by atoms with Crippen LogP contribution in [-0.2, 0) is 16.1 Å². The zero-order chi connectivity index (χ0) is 21.4. The van der Waals surface area contributed by atoms with E-state index in [1.807, 2.05) is 39.0 Å². The lowest BCUT2D eigenvalue weighted by Crippen LogP contribution is -2.47. The molecule has 1 aromatic rings. The number of anilines is 1. The van der Waals surface area contributed by atoms with Gasteiger partial charge in [0.25, 0.3) is 0 Å². The van der Waals surface area contributed by atoms with Crippen LogP contribution in [0.2, 0.25) is 0 Å². The molecule has 1 aliphatic carbocycles. The Kier molecular flexibility index (Phi) is 8.50. The molecule has 29 heavy (non-hydrogen) atoms. The summed E-state index contributed by atoms with van der Waals surface area (Å²) in [5.74, 6) is -0.257. The number of hydrogen-bond acceptors (Lipinski definition) is 4. The van der Waals surface area contributed by atoms with E-state index in [-0.39, 0.29) is 30.4 Å². The summed E-state index contributed by atoms with van der Waals surface area (Å²) >= 11 is 0. The first kappa shape index (κ1) is 23.2. The Morgan fingerprint density at radius 2 is 1.72 bits per heavy atom. The van der Waals surface area contributed by atoms with Gasteiger partial charge in [0, 0.05) is 30.9 Å². The molecular formula is C23H38N4O2. The lowest BCUT2D eigenvalue weighted by atomic mass is 9.94. The lowest BCUT2D eigenvalue weighted by molar-refractivity contribution is -0.133. The molecule has 6 nitrogen and oxygen atoms in total. The number of carbonyl (C=O) groups is 2. The van der Waals surface area contributed by atoms with Crippen molar-refractivity contribution in [3.63, 3.8) is 0 Å². The van der Waals surface area contributed by atoms with Gasteiger partial charge in [0.2, 0.25) is 11.8 Å². The van der Waals surface area contributed by atoms with Gasteiger partial charge >= 0.3 is 0 Å². The van der Waals surface area contributed by atoms with Gasteiger partial charge < -0.3 is 15.5 Å². The number of hydrogen-bond donors (Lipinski definition) is 2. The van der Waals surface area contributed by atoms with Crippen LogP contribution < -0.4 is 10.6 Å².